The highest BCUT2D eigenvalue weighted by molar-refractivity contribution is 5.47. The summed E-state index contributed by atoms with van der Waals surface area (Å²) in [4.78, 5) is 2.47. The van der Waals surface area contributed by atoms with Gasteiger partial charge in [0.2, 0.25) is 0 Å². The van der Waals surface area contributed by atoms with E-state index in [0.717, 1.165) is 6.04 Å². The second kappa shape index (κ2) is 5.77. The lowest BCUT2D eigenvalue weighted by Gasteiger charge is -2.35. The summed E-state index contributed by atoms with van der Waals surface area (Å²) in [6.45, 7) is 4.58. The molecule has 0 unspecified atom stereocenters. The Labute approximate surface area is 123 Å². The molecule has 1 N–H and O–H groups in total. The average Bonchev–Trinajstić information content (AvgIpc) is 3.16. The van der Waals surface area contributed by atoms with Gasteiger partial charge < -0.3 is 10.2 Å². The van der Waals surface area contributed by atoms with Crippen LogP contribution in [0.25, 0.3) is 0 Å². The molecule has 110 valence electrons. The van der Waals surface area contributed by atoms with Crippen LogP contribution in [0.2, 0.25) is 0 Å². The molecule has 0 aromatic heterocycles. The monoisotopic (exact) mass is 272 g/mol. The minimum Gasteiger partial charge on any atom is -0.374 e. The molecule has 2 nitrogen and oxygen atoms in total. The van der Waals surface area contributed by atoms with Crippen molar-refractivity contribution in [2.24, 2.45) is 5.41 Å². The molecule has 3 rings (SSSR count). The van der Waals surface area contributed by atoms with Gasteiger partial charge in [-0.25, -0.2) is 0 Å². The fraction of sp³-hybridized carbons (Fsp3) is 0.667. The molecule has 1 aromatic rings. The van der Waals surface area contributed by atoms with Gasteiger partial charge in [0.05, 0.1) is 0 Å². The Bertz CT molecular complexity index is 444. The van der Waals surface area contributed by atoms with Gasteiger partial charge >= 0.3 is 0 Å². The summed E-state index contributed by atoms with van der Waals surface area (Å²) in [6, 6.07) is 9.72. The van der Waals surface area contributed by atoms with Crippen molar-refractivity contribution in [2.45, 2.75) is 51.5 Å². The van der Waals surface area contributed by atoms with Crippen LogP contribution in [0.5, 0.6) is 0 Å². The van der Waals surface area contributed by atoms with E-state index >= 15 is 0 Å². The molecule has 0 amide bonds. The van der Waals surface area contributed by atoms with Crippen LogP contribution >= 0.6 is 0 Å². The van der Waals surface area contributed by atoms with Crippen LogP contribution in [-0.2, 0) is 0 Å². The van der Waals surface area contributed by atoms with Crippen molar-refractivity contribution >= 4 is 5.69 Å². The van der Waals surface area contributed by atoms with Crippen LogP contribution < -0.4 is 10.2 Å². The molecule has 1 aromatic carbocycles. The summed E-state index contributed by atoms with van der Waals surface area (Å²) >= 11 is 0. The first-order chi connectivity index (χ1) is 9.67. The Morgan fingerprint density at radius 3 is 2.65 bits per heavy atom. The van der Waals surface area contributed by atoms with Gasteiger partial charge in [0.25, 0.3) is 0 Å². The Hall–Kier alpha value is -1.02. The zero-order valence-electron chi connectivity index (χ0n) is 13.0. The van der Waals surface area contributed by atoms with E-state index in [9.17, 15) is 0 Å². The van der Waals surface area contributed by atoms with E-state index in [1.807, 2.05) is 0 Å². The predicted molar refractivity (Wildman–Crippen MR) is 86.4 cm³/mol. The third-order valence-electron chi connectivity index (χ3n) is 5.02. The normalized spacial score (nSPS) is 21.1. The number of aryl methyl sites for hydroxylation is 1. The molecule has 2 saturated carbocycles. The molecule has 0 aliphatic heterocycles. The van der Waals surface area contributed by atoms with Crippen molar-refractivity contribution in [3.63, 3.8) is 0 Å². The highest BCUT2D eigenvalue weighted by Gasteiger charge is 2.36. The average molecular weight is 272 g/mol. The second-order valence-corrected chi connectivity index (χ2v) is 7.06. The quantitative estimate of drug-likeness (QED) is 0.848. The Balaban J connectivity index is 1.65. The van der Waals surface area contributed by atoms with Crippen molar-refractivity contribution in [2.75, 3.05) is 25.0 Å². The van der Waals surface area contributed by atoms with E-state index in [-0.39, 0.29) is 0 Å². The van der Waals surface area contributed by atoms with Gasteiger partial charge in [0.1, 0.15) is 0 Å². The van der Waals surface area contributed by atoms with Crippen molar-refractivity contribution < 1.29 is 0 Å². The van der Waals surface area contributed by atoms with Crippen LogP contribution in [-0.4, -0.2) is 26.2 Å². The predicted octanol–water partition coefficient (Wildman–Crippen LogP) is 3.74. The molecular formula is C18H28N2. The lowest BCUT2D eigenvalue weighted by molar-refractivity contribution is 0.285. The summed E-state index contributed by atoms with van der Waals surface area (Å²) in [7, 11) is 2.26. The molecule has 0 atom stereocenters. The summed E-state index contributed by atoms with van der Waals surface area (Å²) in [5.41, 5.74) is 3.22. The Morgan fingerprint density at radius 1 is 1.25 bits per heavy atom. The Morgan fingerprint density at radius 2 is 2.00 bits per heavy atom. The minimum atomic E-state index is 0.501. The van der Waals surface area contributed by atoms with Gasteiger partial charge in [-0.2, -0.15) is 0 Å². The first-order valence-corrected chi connectivity index (χ1v) is 8.18. The fourth-order valence-corrected chi connectivity index (χ4v) is 3.62. The molecule has 2 fully saturated rings. The van der Waals surface area contributed by atoms with Gasteiger partial charge in [-0.05, 0) is 50.3 Å². The van der Waals surface area contributed by atoms with E-state index in [1.165, 1.54) is 62.9 Å². The first kappa shape index (κ1) is 13.9. The summed E-state index contributed by atoms with van der Waals surface area (Å²) < 4.78 is 0. The SMILES string of the molecule is Cc1cccc(N(C)CC2(CNC3CC3)CCCC2)c1. The molecule has 0 radical (unpaired) electrons. The maximum atomic E-state index is 3.78. The number of rotatable bonds is 6. The molecule has 0 saturated heterocycles. The maximum Gasteiger partial charge on any atom is 0.0366 e. The second-order valence-electron chi connectivity index (χ2n) is 7.06. The first-order valence-electron chi connectivity index (χ1n) is 8.18. The van der Waals surface area contributed by atoms with E-state index in [0.29, 0.717) is 5.41 Å². The smallest absolute Gasteiger partial charge is 0.0366 e. The third-order valence-corrected chi connectivity index (χ3v) is 5.02. The van der Waals surface area contributed by atoms with Crippen LogP contribution in [0.4, 0.5) is 5.69 Å². The van der Waals surface area contributed by atoms with E-state index in [2.05, 4.69) is 48.5 Å². The van der Waals surface area contributed by atoms with Crippen molar-refractivity contribution in [3.05, 3.63) is 29.8 Å². The van der Waals surface area contributed by atoms with Crippen LogP contribution in [0.1, 0.15) is 44.1 Å². The lowest BCUT2D eigenvalue weighted by Crippen LogP contribution is -2.42. The third kappa shape index (κ3) is 3.35. The van der Waals surface area contributed by atoms with Gasteiger partial charge in [0, 0.05) is 37.3 Å². The van der Waals surface area contributed by atoms with E-state index in [1.54, 1.807) is 0 Å². The largest absolute Gasteiger partial charge is 0.374 e. The molecule has 2 aliphatic rings. The van der Waals surface area contributed by atoms with Crippen molar-refractivity contribution in [1.82, 2.24) is 5.32 Å². The minimum absolute atomic E-state index is 0.501. The number of hydrogen-bond donors (Lipinski definition) is 1. The summed E-state index contributed by atoms with van der Waals surface area (Å²) in [6.07, 6.45) is 8.39. The number of nitrogens with zero attached hydrogens (tertiary/aromatic N) is 1. The number of hydrogen-bond acceptors (Lipinski definition) is 2. The standard InChI is InChI=1S/C18H28N2/c1-15-6-5-7-17(12-15)20(2)14-18(10-3-4-11-18)13-19-16-8-9-16/h5-7,12,16,19H,3-4,8-11,13-14H2,1-2H3. The van der Waals surface area contributed by atoms with Crippen molar-refractivity contribution in [3.8, 4) is 0 Å². The number of anilines is 1. The molecule has 2 heteroatoms. The van der Waals surface area contributed by atoms with Crippen LogP contribution in [0, 0.1) is 12.3 Å². The molecule has 0 bridgehead atoms. The van der Waals surface area contributed by atoms with Crippen LogP contribution in [0.15, 0.2) is 24.3 Å². The molecular weight excluding hydrogens is 244 g/mol. The van der Waals surface area contributed by atoms with Gasteiger partial charge in [0.15, 0.2) is 0 Å². The molecule has 0 spiro atoms. The topological polar surface area (TPSA) is 15.3 Å². The highest BCUT2D eigenvalue weighted by atomic mass is 15.1. The Kier molecular flexibility index (Phi) is 4.02. The zero-order valence-corrected chi connectivity index (χ0v) is 13.0. The van der Waals surface area contributed by atoms with Gasteiger partial charge in [-0.1, -0.05) is 25.0 Å². The van der Waals surface area contributed by atoms with Gasteiger partial charge in [-0.15, -0.1) is 0 Å². The summed E-state index contributed by atoms with van der Waals surface area (Å²) in [5, 5.41) is 3.78. The maximum absolute atomic E-state index is 3.78. The molecule has 20 heavy (non-hydrogen) atoms. The summed E-state index contributed by atoms with van der Waals surface area (Å²) in [5.74, 6) is 0. The number of benzene rings is 1. The fourth-order valence-electron chi connectivity index (χ4n) is 3.62. The van der Waals surface area contributed by atoms with E-state index in [4.69, 9.17) is 0 Å². The molecule has 2 aliphatic carbocycles. The highest BCUT2D eigenvalue weighted by Crippen LogP contribution is 2.39. The zero-order chi connectivity index (χ0) is 14.0. The molecule has 0 heterocycles. The van der Waals surface area contributed by atoms with Gasteiger partial charge in [-0.3, -0.25) is 0 Å². The van der Waals surface area contributed by atoms with Crippen LogP contribution in [0.3, 0.4) is 0 Å². The van der Waals surface area contributed by atoms with Crippen molar-refractivity contribution in [1.29, 1.82) is 0 Å². The van der Waals surface area contributed by atoms with E-state index < -0.39 is 0 Å². The number of nitrogens with one attached hydrogen (secondary N) is 1. The lowest BCUT2D eigenvalue weighted by atomic mass is 9.85.